The molecule has 3 atom stereocenters. The van der Waals surface area contributed by atoms with Crippen LogP contribution in [0.5, 0.6) is 11.5 Å². The van der Waals surface area contributed by atoms with Gasteiger partial charge in [-0.05, 0) is 44.2 Å². The van der Waals surface area contributed by atoms with Crippen molar-refractivity contribution in [1.82, 2.24) is 0 Å². The minimum atomic E-state index is -1.01. The van der Waals surface area contributed by atoms with Crippen molar-refractivity contribution in [3.8, 4) is 11.5 Å². The van der Waals surface area contributed by atoms with Crippen molar-refractivity contribution in [1.29, 1.82) is 0 Å². The van der Waals surface area contributed by atoms with Crippen LogP contribution in [0.3, 0.4) is 0 Å². The Morgan fingerprint density at radius 3 is 2.52 bits per heavy atom. The second kappa shape index (κ2) is 4.73. The van der Waals surface area contributed by atoms with Gasteiger partial charge in [-0.25, -0.2) is 0 Å². The third-order valence-corrected chi connectivity index (χ3v) is 6.13. The first-order valence-electron chi connectivity index (χ1n) is 7.95. The van der Waals surface area contributed by atoms with Gasteiger partial charge in [-0.3, -0.25) is 9.59 Å². The van der Waals surface area contributed by atoms with E-state index in [0.29, 0.717) is 30.4 Å². The van der Waals surface area contributed by atoms with Crippen LogP contribution in [0.25, 0.3) is 0 Å². The maximum Gasteiger partial charge on any atom is 0.309 e. The van der Waals surface area contributed by atoms with Crippen LogP contribution in [0.4, 0.5) is 0 Å². The number of carboxylic acid groups (broad SMARTS) is 1. The van der Waals surface area contributed by atoms with Crippen molar-refractivity contribution in [3.05, 3.63) is 22.8 Å². The number of hydrogen-bond donors (Lipinski definition) is 3. The van der Waals surface area contributed by atoms with E-state index in [0.717, 1.165) is 0 Å². The van der Waals surface area contributed by atoms with E-state index in [1.165, 1.54) is 6.07 Å². The number of aromatic hydroxyl groups is 2. The van der Waals surface area contributed by atoms with Crippen LogP contribution < -0.4 is 0 Å². The lowest BCUT2D eigenvalue weighted by Gasteiger charge is -2.53. The molecule has 5 nitrogen and oxygen atoms in total. The summed E-state index contributed by atoms with van der Waals surface area (Å²) in [5, 5.41) is 30.5. The molecule has 5 heteroatoms. The van der Waals surface area contributed by atoms with Gasteiger partial charge in [0, 0.05) is 17.4 Å². The molecular weight excluding hydrogens is 296 g/mol. The zero-order chi connectivity index (χ0) is 17.2. The summed E-state index contributed by atoms with van der Waals surface area (Å²) in [6, 6.07) is 1.46. The fourth-order valence-electron chi connectivity index (χ4n) is 4.81. The molecule has 0 aromatic heterocycles. The van der Waals surface area contributed by atoms with E-state index < -0.39 is 22.7 Å². The molecule has 0 aliphatic heterocycles. The molecular formula is C18H22O5. The van der Waals surface area contributed by atoms with Crippen molar-refractivity contribution < 1.29 is 24.9 Å². The Kier molecular flexibility index (Phi) is 3.26. The SMILES string of the molecule is Cc1cc(O)c2c(c1O)C(=O)C[C@@H]1[C@](C)(C(=O)O)CCC[C@@]21C. The van der Waals surface area contributed by atoms with Crippen molar-refractivity contribution in [3.63, 3.8) is 0 Å². The summed E-state index contributed by atoms with van der Waals surface area (Å²) in [5.41, 5.74) is -0.588. The van der Waals surface area contributed by atoms with Crippen molar-refractivity contribution in [2.75, 3.05) is 0 Å². The van der Waals surface area contributed by atoms with Crippen LogP contribution in [0, 0.1) is 18.3 Å². The first-order valence-corrected chi connectivity index (χ1v) is 7.95. The number of carbonyl (C=O) groups is 2. The molecule has 3 N–H and O–H groups in total. The number of aryl methyl sites for hydroxylation is 1. The molecule has 0 heterocycles. The van der Waals surface area contributed by atoms with Crippen LogP contribution in [0.15, 0.2) is 6.07 Å². The highest BCUT2D eigenvalue weighted by Crippen LogP contribution is 2.60. The number of carboxylic acids is 1. The van der Waals surface area contributed by atoms with E-state index in [1.807, 2.05) is 6.92 Å². The average Bonchev–Trinajstić information content (AvgIpc) is 2.45. The van der Waals surface area contributed by atoms with Gasteiger partial charge in [0.05, 0.1) is 11.0 Å². The maximum atomic E-state index is 12.7. The van der Waals surface area contributed by atoms with E-state index in [2.05, 4.69) is 0 Å². The summed E-state index contributed by atoms with van der Waals surface area (Å²) < 4.78 is 0. The van der Waals surface area contributed by atoms with Crippen molar-refractivity contribution in [2.24, 2.45) is 11.3 Å². The highest BCUT2D eigenvalue weighted by atomic mass is 16.4. The molecule has 0 saturated heterocycles. The molecule has 1 fully saturated rings. The highest BCUT2D eigenvalue weighted by Gasteiger charge is 2.58. The molecule has 0 spiro atoms. The Balaban J connectivity index is 2.30. The lowest BCUT2D eigenvalue weighted by molar-refractivity contribution is -0.156. The predicted molar refractivity (Wildman–Crippen MR) is 83.9 cm³/mol. The van der Waals surface area contributed by atoms with Crippen molar-refractivity contribution in [2.45, 2.75) is 51.9 Å². The van der Waals surface area contributed by atoms with Gasteiger partial charge in [-0.1, -0.05) is 13.3 Å². The number of fused-ring (bicyclic) bond motifs is 3. The number of ketones is 1. The predicted octanol–water partition coefficient (Wildman–Crippen LogP) is 3.14. The summed E-state index contributed by atoms with van der Waals surface area (Å²) in [6.07, 6.45) is 2.00. The monoisotopic (exact) mass is 318 g/mol. The number of phenolic OH excluding ortho intramolecular Hbond substituents is 2. The van der Waals surface area contributed by atoms with Gasteiger partial charge in [0.2, 0.25) is 0 Å². The minimum Gasteiger partial charge on any atom is -0.508 e. The fraction of sp³-hybridized carbons (Fsp3) is 0.556. The Morgan fingerprint density at radius 2 is 1.91 bits per heavy atom. The standard InChI is InChI=1S/C18H22O5/c1-9-7-11(20)14-13(15(9)21)10(19)8-12-17(14,2)5-4-6-18(12,3)16(22)23/h7,12,20-21H,4-6,8H2,1-3H3,(H,22,23)/t12-,17+,18+/m0/s1. The molecule has 1 saturated carbocycles. The molecule has 0 bridgehead atoms. The van der Waals surface area contributed by atoms with Crippen LogP contribution >= 0.6 is 0 Å². The summed E-state index contributed by atoms with van der Waals surface area (Å²) in [7, 11) is 0. The summed E-state index contributed by atoms with van der Waals surface area (Å²) in [5.74, 6) is -1.70. The van der Waals surface area contributed by atoms with Gasteiger partial charge in [-0.15, -0.1) is 0 Å². The first kappa shape index (κ1) is 15.8. The fourth-order valence-corrected chi connectivity index (χ4v) is 4.81. The van der Waals surface area contributed by atoms with Crippen LogP contribution in [0.2, 0.25) is 0 Å². The van der Waals surface area contributed by atoms with Gasteiger partial charge >= 0.3 is 5.97 Å². The molecule has 23 heavy (non-hydrogen) atoms. The molecule has 1 aromatic rings. The summed E-state index contributed by atoms with van der Waals surface area (Å²) in [6.45, 7) is 5.25. The summed E-state index contributed by atoms with van der Waals surface area (Å²) >= 11 is 0. The quantitative estimate of drug-likeness (QED) is 0.691. The van der Waals surface area contributed by atoms with E-state index in [9.17, 15) is 24.9 Å². The Hall–Kier alpha value is -2.04. The maximum absolute atomic E-state index is 12.7. The Bertz CT molecular complexity index is 723. The van der Waals surface area contributed by atoms with Gasteiger partial charge in [0.25, 0.3) is 0 Å². The second-order valence-corrected chi connectivity index (χ2v) is 7.48. The van der Waals surface area contributed by atoms with E-state index >= 15 is 0 Å². The third kappa shape index (κ3) is 1.92. The second-order valence-electron chi connectivity index (χ2n) is 7.48. The minimum absolute atomic E-state index is 0.0227. The number of benzene rings is 1. The van der Waals surface area contributed by atoms with Gasteiger partial charge in [0.1, 0.15) is 11.5 Å². The highest BCUT2D eigenvalue weighted by molar-refractivity contribution is 6.03. The topological polar surface area (TPSA) is 94.8 Å². The van der Waals surface area contributed by atoms with Crippen LogP contribution in [-0.2, 0) is 10.2 Å². The number of rotatable bonds is 1. The molecule has 1 aromatic carbocycles. The molecule has 2 aliphatic carbocycles. The molecule has 124 valence electrons. The first-order chi connectivity index (χ1) is 10.6. The largest absolute Gasteiger partial charge is 0.508 e. The normalized spacial score (nSPS) is 33.0. The molecule has 3 rings (SSSR count). The van der Waals surface area contributed by atoms with E-state index in [-0.39, 0.29) is 29.3 Å². The third-order valence-electron chi connectivity index (χ3n) is 6.13. The van der Waals surface area contributed by atoms with Crippen LogP contribution in [0.1, 0.15) is 61.0 Å². The molecule has 2 aliphatic rings. The average molecular weight is 318 g/mol. The van der Waals surface area contributed by atoms with Crippen molar-refractivity contribution >= 4 is 11.8 Å². The number of Topliss-reactive ketones (excluding diaryl/α,β-unsaturated/α-hetero) is 1. The van der Waals surface area contributed by atoms with Gasteiger partial charge < -0.3 is 15.3 Å². The number of phenols is 2. The van der Waals surface area contributed by atoms with Crippen LogP contribution in [-0.4, -0.2) is 27.1 Å². The Labute approximate surface area is 135 Å². The lowest BCUT2D eigenvalue weighted by atomic mass is 9.49. The zero-order valence-corrected chi connectivity index (χ0v) is 13.6. The van der Waals surface area contributed by atoms with Gasteiger partial charge in [-0.2, -0.15) is 0 Å². The smallest absolute Gasteiger partial charge is 0.309 e. The van der Waals surface area contributed by atoms with Gasteiger partial charge in [0.15, 0.2) is 5.78 Å². The lowest BCUT2D eigenvalue weighted by Crippen LogP contribution is -2.53. The number of aliphatic carboxylic acids is 1. The zero-order valence-electron chi connectivity index (χ0n) is 13.6. The van der Waals surface area contributed by atoms with E-state index in [1.54, 1.807) is 13.8 Å². The number of carbonyl (C=O) groups excluding carboxylic acids is 1. The Morgan fingerprint density at radius 1 is 1.26 bits per heavy atom. The molecule has 0 unspecified atom stereocenters. The molecule has 0 radical (unpaired) electrons. The number of hydrogen-bond acceptors (Lipinski definition) is 4. The molecule has 0 amide bonds. The van der Waals surface area contributed by atoms with E-state index in [4.69, 9.17) is 0 Å². The summed E-state index contributed by atoms with van der Waals surface area (Å²) in [4.78, 5) is 24.5.